The van der Waals surface area contributed by atoms with E-state index in [-0.39, 0.29) is 11.3 Å². The number of amides is 1. The summed E-state index contributed by atoms with van der Waals surface area (Å²) in [5.41, 5.74) is 8.35. The number of benzene rings is 3. The average Bonchev–Trinajstić information content (AvgIpc) is 3.20. The molecule has 1 N–H and O–H groups in total. The number of Topliss-reactive ketones (excluding diaryl/α,β-unsaturated/α-hetero) is 1. The Morgan fingerprint density at radius 3 is 2.28 bits per heavy atom. The fourth-order valence-electron chi connectivity index (χ4n) is 6.04. The van der Waals surface area contributed by atoms with E-state index in [1.165, 1.54) is 17.5 Å². The Balaban J connectivity index is 1.63. The molecule has 5 heteroatoms. The van der Waals surface area contributed by atoms with Gasteiger partial charge in [-0.3, -0.25) is 9.59 Å². The largest absolute Gasteiger partial charge is 0.507 e. The molecule has 5 nitrogen and oxygen atoms in total. The first-order chi connectivity index (χ1) is 18.8. The number of nitrogens with zero attached hydrogens (tertiary/aromatic N) is 2. The second-order valence-corrected chi connectivity index (χ2v) is 10.8. The SMILES string of the molecule is CCN(CC)c1ccc(C2/C(=C(/O)c3ccc4c(c3)CCCC4)C(=O)C(=O)N2Cc2cc(C)ccc2C)cc1. The van der Waals surface area contributed by atoms with Crippen molar-refractivity contribution in [3.05, 3.63) is 105 Å². The number of carbonyl (C=O) groups is 2. The van der Waals surface area contributed by atoms with Crippen LogP contribution in [0.2, 0.25) is 0 Å². The van der Waals surface area contributed by atoms with E-state index in [1.54, 1.807) is 4.90 Å². The lowest BCUT2D eigenvalue weighted by molar-refractivity contribution is -0.140. The summed E-state index contributed by atoms with van der Waals surface area (Å²) in [7, 11) is 0. The Kier molecular flexibility index (Phi) is 7.60. The number of rotatable bonds is 7. The van der Waals surface area contributed by atoms with Crippen LogP contribution in [-0.2, 0) is 29.0 Å². The second-order valence-electron chi connectivity index (χ2n) is 10.8. The lowest BCUT2D eigenvalue weighted by atomic mass is 9.88. The van der Waals surface area contributed by atoms with Crippen LogP contribution in [0.25, 0.3) is 5.76 Å². The predicted molar refractivity (Wildman–Crippen MR) is 157 cm³/mol. The number of likely N-dealkylation sites (tertiary alicyclic amines) is 1. The molecule has 0 spiro atoms. The van der Waals surface area contributed by atoms with Crippen molar-refractivity contribution in [3.8, 4) is 0 Å². The zero-order valence-electron chi connectivity index (χ0n) is 23.5. The Hall–Kier alpha value is -3.86. The van der Waals surface area contributed by atoms with Crippen molar-refractivity contribution >= 4 is 23.1 Å². The normalized spacial score (nSPS) is 18.4. The van der Waals surface area contributed by atoms with E-state index < -0.39 is 17.7 Å². The average molecular weight is 523 g/mol. The highest BCUT2D eigenvalue weighted by molar-refractivity contribution is 6.46. The zero-order valence-corrected chi connectivity index (χ0v) is 23.5. The van der Waals surface area contributed by atoms with E-state index in [0.717, 1.165) is 60.3 Å². The summed E-state index contributed by atoms with van der Waals surface area (Å²) in [5, 5.41) is 11.6. The molecule has 202 valence electrons. The van der Waals surface area contributed by atoms with Crippen molar-refractivity contribution in [3.63, 3.8) is 0 Å². The maximum atomic E-state index is 13.6. The van der Waals surface area contributed by atoms with Gasteiger partial charge >= 0.3 is 0 Å². The van der Waals surface area contributed by atoms with Crippen molar-refractivity contribution < 1.29 is 14.7 Å². The highest BCUT2D eigenvalue weighted by atomic mass is 16.3. The van der Waals surface area contributed by atoms with Gasteiger partial charge in [-0.15, -0.1) is 0 Å². The molecule has 0 radical (unpaired) electrons. The molecule has 1 fully saturated rings. The molecule has 1 amide bonds. The first-order valence-electron chi connectivity index (χ1n) is 14.1. The molecular formula is C34H38N2O3. The summed E-state index contributed by atoms with van der Waals surface area (Å²) in [6.07, 6.45) is 4.30. The minimum atomic E-state index is -0.674. The molecule has 0 aromatic heterocycles. The van der Waals surface area contributed by atoms with E-state index in [4.69, 9.17) is 0 Å². The summed E-state index contributed by atoms with van der Waals surface area (Å²) in [5.74, 6) is -1.30. The standard InChI is InChI=1S/C34H38N2O3/c1-5-35(6-2)29-17-15-25(16-18-29)31-30(32(37)27-14-13-24-9-7-8-10-26(24)20-27)33(38)34(39)36(31)21-28-19-22(3)11-12-23(28)4/h11-20,31,37H,5-10,21H2,1-4H3/b32-30-. The number of fused-ring (bicyclic) bond motifs is 1. The molecule has 1 saturated heterocycles. The first kappa shape index (κ1) is 26.7. The number of aliphatic hydroxyl groups excluding tert-OH is 1. The van der Waals surface area contributed by atoms with E-state index in [0.29, 0.717) is 12.1 Å². The predicted octanol–water partition coefficient (Wildman–Crippen LogP) is 6.65. The summed E-state index contributed by atoms with van der Waals surface area (Å²) in [4.78, 5) is 31.0. The van der Waals surface area contributed by atoms with E-state index >= 15 is 0 Å². The van der Waals surface area contributed by atoms with E-state index in [2.05, 4.69) is 30.9 Å². The van der Waals surface area contributed by atoms with Crippen LogP contribution in [0.5, 0.6) is 0 Å². The van der Waals surface area contributed by atoms with Gasteiger partial charge in [-0.05, 0) is 99.4 Å². The molecule has 0 bridgehead atoms. The molecule has 1 aliphatic carbocycles. The lowest BCUT2D eigenvalue weighted by Crippen LogP contribution is -2.29. The van der Waals surface area contributed by atoms with Gasteiger partial charge in [0.05, 0.1) is 11.6 Å². The number of hydrogen-bond donors (Lipinski definition) is 1. The first-order valence-corrected chi connectivity index (χ1v) is 14.1. The Morgan fingerprint density at radius 1 is 0.897 bits per heavy atom. The monoisotopic (exact) mass is 522 g/mol. The maximum Gasteiger partial charge on any atom is 0.295 e. The number of ketones is 1. The fourth-order valence-corrected chi connectivity index (χ4v) is 6.04. The van der Waals surface area contributed by atoms with Gasteiger partial charge in [0.15, 0.2) is 0 Å². The third-order valence-electron chi connectivity index (χ3n) is 8.34. The molecule has 1 heterocycles. The summed E-state index contributed by atoms with van der Waals surface area (Å²) >= 11 is 0. The van der Waals surface area contributed by atoms with E-state index in [9.17, 15) is 14.7 Å². The molecule has 1 aliphatic heterocycles. The molecule has 0 saturated carbocycles. The van der Waals surface area contributed by atoms with Gasteiger partial charge in [-0.25, -0.2) is 0 Å². The highest BCUT2D eigenvalue weighted by Crippen LogP contribution is 2.41. The number of carbonyl (C=O) groups excluding carboxylic acids is 2. The van der Waals surface area contributed by atoms with Crippen LogP contribution in [0, 0.1) is 13.8 Å². The highest BCUT2D eigenvalue weighted by Gasteiger charge is 2.46. The van der Waals surface area contributed by atoms with Crippen LogP contribution in [0.4, 0.5) is 5.69 Å². The summed E-state index contributed by atoms with van der Waals surface area (Å²) in [6.45, 7) is 10.4. The van der Waals surface area contributed by atoms with Gasteiger partial charge in [0.2, 0.25) is 0 Å². The van der Waals surface area contributed by atoms with Gasteiger partial charge in [-0.2, -0.15) is 0 Å². The maximum absolute atomic E-state index is 13.6. The number of anilines is 1. The van der Waals surface area contributed by atoms with Crippen molar-refractivity contribution in [2.24, 2.45) is 0 Å². The third kappa shape index (κ3) is 5.10. The van der Waals surface area contributed by atoms with Gasteiger partial charge < -0.3 is 14.9 Å². The van der Waals surface area contributed by atoms with Crippen LogP contribution in [0.3, 0.4) is 0 Å². The van der Waals surface area contributed by atoms with Crippen molar-refractivity contribution in [2.45, 2.75) is 66.0 Å². The minimum Gasteiger partial charge on any atom is -0.507 e. The molecule has 3 aromatic carbocycles. The van der Waals surface area contributed by atoms with Gasteiger partial charge in [0.1, 0.15) is 5.76 Å². The third-order valence-corrected chi connectivity index (χ3v) is 8.34. The number of aryl methyl sites for hydroxylation is 4. The van der Waals surface area contributed by atoms with Crippen LogP contribution in [0.1, 0.15) is 71.7 Å². The van der Waals surface area contributed by atoms with E-state index in [1.807, 2.05) is 62.4 Å². The van der Waals surface area contributed by atoms with Crippen LogP contribution in [-0.4, -0.2) is 34.8 Å². The van der Waals surface area contributed by atoms with Gasteiger partial charge in [-0.1, -0.05) is 48.0 Å². The van der Waals surface area contributed by atoms with Crippen LogP contribution < -0.4 is 4.90 Å². The molecule has 2 aliphatic rings. The lowest BCUT2D eigenvalue weighted by Gasteiger charge is -2.27. The van der Waals surface area contributed by atoms with Crippen molar-refractivity contribution in [1.82, 2.24) is 4.90 Å². The Morgan fingerprint density at radius 2 is 1.59 bits per heavy atom. The summed E-state index contributed by atoms with van der Waals surface area (Å²) in [6, 6.07) is 19.5. The number of hydrogen-bond acceptors (Lipinski definition) is 4. The smallest absolute Gasteiger partial charge is 0.295 e. The molecular weight excluding hydrogens is 484 g/mol. The van der Waals surface area contributed by atoms with Gasteiger partial charge in [0, 0.05) is 30.9 Å². The van der Waals surface area contributed by atoms with Gasteiger partial charge in [0.25, 0.3) is 11.7 Å². The molecule has 39 heavy (non-hydrogen) atoms. The second kappa shape index (κ2) is 11.1. The Bertz CT molecular complexity index is 1430. The van der Waals surface area contributed by atoms with Crippen molar-refractivity contribution in [2.75, 3.05) is 18.0 Å². The minimum absolute atomic E-state index is 0.0944. The van der Waals surface area contributed by atoms with Crippen LogP contribution in [0.15, 0.2) is 66.2 Å². The summed E-state index contributed by atoms with van der Waals surface area (Å²) < 4.78 is 0. The Labute approximate surface area is 231 Å². The molecule has 5 rings (SSSR count). The fraction of sp³-hybridized carbons (Fsp3) is 0.353. The topological polar surface area (TPSA) is 60.9 Å². The quantitative estimate of drug-likeness (QED) is 0.214. The van der Waals surface area contributed by atoms with Crippen LogP contribution >= 0.6 is 0 Å². The molecule has 3 aromatic rings. The molecule has 1 unspecified atom stereocenters. The molecule has 1 atom stereocenters. The zero-order chi connectivity index (χ0) is 27.7. The number of aliphatic hydroxyl groups is 1. The van der Waals surface area contributed by atoms with Crippen molar-refractivity contribution in [1.29, 1.82) is 0 Å².